The fourth-order valence-corrected chi connectivity index (χ4v) is 3.40. The Bertz CT molecular complexity index is 1210. The molecule has 160 valence electrons. The van der Waals surface area contributed by atoms with Gasteiger partial charge in [0, 0.05) is 17.2 Å². The monoisotopic (exact) mass is 432 g/mol. The Hall–Kier alpha value is -3.53. The van der Waals surface area contributed by atoms with Crippen LogP contribution in [0.15, 0.2) is 59.6 Å². The van der Waals surface area contributed by atoms with Crippen molar-refractivity contribution in [3.8, 4) is 11.3 Å². The van der Waals surface area contributed by atoms with Gasteiger partial charge < -0.3 is 9.63 Å². The van der Waals surface area contributed by atoms with Crippen LogP contribution in [0.3, 0.4) is 0 Å². The van der Waals surface area contributed by atoms with Gasteiger partial charge in [-0.15, -0.1) is 0 Å². The van der Waals surface area contributed by atoms with Crippen molar-refractivity contribution in [1.29, 1.82) is 0 Å². The average Bonchev–Trinajstić information content (AvgIpc) is 3.43. The van der Waals surface area contributed by atoms with Crippen LogP contribution in [0.25, 0.3) is 11.3 Å². The van der Waals surface area contributed by atoms with Crippen LogP contribution in [0.1, 0.15) is 24.2 Å². The molecule has 1 N–H and O–H groups in total. The lowest BCUT2D eigenvalue weighted by Crippen LogP contribution is -2.38. The molecule has 0 radical (unpaired) electrons. The number of aliphatic hydroxyl groups is 1. The largest absolute Gasteiger partial charge is 0.382 e. The van der Waals surface area contributed by atoms with Crippen LogP contribution >= 0.6 is 0 Å². The van der Waals surface area contributed by atoms with Crippen molar-refractivity contribution in [2.45, 2.75) is 25.0 Å². The Morgan fingerprint density at radius 1 is 1.03 bits per heavy atom. The molecule has 6 nitrogen and oxygen atoms in total. The highest BCUT2D eigenvalue weighted by molar-refractivity contribution is 5.60. The second-order valence-electron chi connectivity index (χ2n) is 7.10. The molecule has 0 saturated heterocycles. The minimum absolute atomic E-state index is 0.0123. The van der Waals surface area contributed by atoms with Crippen molar-refractivity contribution in [2.24, 2.45) is 0 Å². The zero-order valence-corrected chi connectivity index (χ0v) is 16.1. The Labute approximate surface area is 173 Å². The molecule has 0 aliphatic rings. The molecule has 2 atom stereocenters. The summed E-state index contributed by atoms with van der Waals surface area (Å²) in [6, 6.07) is 6.89. The number of halogens is 4. The Morgan fingerprint density at radius 2 is 1.74 bits per heavy atom. The molecule has 0 spiro atoms. The third kappa shape index (κ3) is 3.93. The average molecular weight is 432 g/mol. The Balaban J connectivity index is 1.78. The van der Waals surface area contributed by atoms with E-state index in [1.165, 1.54) is 30.3 Å². The number of nitrogens with zero attached hydrogens (tertiary/aromatic N) is 4. The first-order valence-electron chi connectivity index (χ1n) is 9.20. The van der Waals surface area contributed by atoms with E-state index in [-0.39, 0.29) is 29.1 Å². The van der Waals surface area contributed by atoms with Crippen LogP contribution in [-0.2, 0) is 12.1 Å². The molecule has 0 amide bonds. The van der Waals surface area contributed by atoms with E-state index in [1.807, 2.05) is 0 Å². The van der Waals surface area contributed by atoms with Gasteiger partial charge in [-0.2, -0.15) is 5.10 Å². The first-order chi connectivity index (χ1) is 14.8. The molecule has 4 rings (SSSR count). The summed E-state index contributed by atoms with van der Waals surface area (Å²) >= 11 is 0. The van der Waals surface area contributed by atoms with Crippen molar-refractivity contribution >= 4 is 0 Å². The molecule has 10 heteroatoms. The summed E-state index contributed by atoms with van der Waals surface area (Å²) in [6.07, 6.45) is 2.54. The molecule has 0 saturated carbocycles. The molecule has 0 unspecified atom stereocenters. The van der Waals surface area contributed by atoms with Crippen molar-refractivity contribution in [3.05, 3.63) is 89.7 Å². The number of hydrogen-bond donors (Lipinski definition) is 1. The minimum atomic E-state index is -2.04. The van der Waals surface area contributed by atoms with Gasteiger partial charge in [0.25, 0.3) is 0 Å². The SMILES string of the molecule is C[C@@H](c1cc(-c2cc(F)ccc2F)no1)[C@](O)(Cn1cncn1)c1cc(F)ccc1F. The van der Waals surface area contributed by atoms with Gasteiger partial charge in [-0.3, -0.25) is 0 Å². The zero-order chi connectivity index (χ0) is 22.2. The third-order valence-corrected chi connectivity index (χ3v) is 5.14. The first kappa shape index (κ1) is 20.7. The summed E-state index contributed by atoms with van der Waals surface area (Å²) in [4.78, 5) is 3.79. The van der Waals surface area contributed by atoms with Crippen molar-refractivity contribution in [3.63, 3.8) is 0 Å². The highest BCUT2D eigenvalue weighted by Gasteiger charge is 2.42. The van der Waals surface area contributed by atoms with E-state index in [4.69, 9.17) is 4.52 Å². The van der Waals surface area contributed by atoms with E-state index in [9.17, 15) is 22.7 Å². The van der Waals surface area contributed by atoms with Crippen LogP contribution in [0.5, 0.6) is 0 Å². The van der Waals surface area contributed by atoms with Crippen LogP contribution in [-0.4, -0.2) is 25.0 Å². The summed E-state index contributed by atoms with van der Waals surface area (Å²) < 4.78 is 62.7. The smallest absolute Gasteiger partial charge is 0.143 e. The molecular formula is C21H16F4N4O2. The summed E-state index contributed by atoms with van der Waals surface area (Å²) in [6.45, 7) is 1.21. The van der Waals surface area contributed by atoms with E-state index in [0.29, 0.717) is 0 Å². The van der Waals surface area contributed by atoms with Gasteiger partial charge in [0.1, 0.15) is 53.0 Å². The minimum Gasteiger partial charge on any atom is -0.382 e. The second kappa shape index (κ2) is 7.95. The van der Waals surface area contributed by atoms with Gasteiger partial charge in [-0.25, -0.2) is 27.2 Å². The Kier molecular flexibility index (Phi) is 5.32. The van der Waals surface area contributed by atoms with Crippen LogP contribution in [0.2, 0.25) is 0 Å². The topological polar surface area (TPSA) is 77.0 Å². The van der Waals surface area contributed by atoms with Crippen molar-refractivity contribution in [1.82, 2.24) is 19.9 Å². The lowest BCUT2D eigenvalue weighted by molar-refractivity contribution is -0.0183. The van der Waals surface area contributed by atoms with Crippen molar-refractivity contribution in [2.75, 3.05) is 0 Å². The second-order valence-corrected chi connectivity index (χ2v) is 7.10. The van der Waals surface area contributed by atoms with Gasteiger partial charge in [-0.05, 0) is 36.4 Å². The molecule has 0 aliphatic carbocycles. The molecule has 2 aromatic heterocycles. The summed E-state index contributed by atoms with van der Waals surface area (Å²) in [5, 5.41) is 19.2. The molecule has 31 heavy (non-hydrogen) atoms. The van der Waals surface area contributed by atoms with Crippen molar-refractivity contribution < 1.29 is 27.2 Å². The maximum absolute atomic E-state index is 14.6. The quantitative estimate of drug-likeness (QED) is 0.463. The zero-order valence-electron chi connectivity index (χ0n) is 16.1. The van der Waals surface area contributed by atoms with E-state index in [1.54, 1.807) is 0 Å². The predicted octanol–water partition coefficient (Wildman–Crippen LogP) is 4.18. The maximum atomic E-state index is 14.6. The van der Waals surface area contributed by atoms with Crippen LogP contribution in [0, 0.1) is 23.3 Å². The number of hydrogen-bond acceptors (Lipinski definition) is 5. The lowest BCUT2D eigenvalue weighted by atomic mass is 9.80. The molecular weight excluding hydrogens is 416 g/mol. The van der Waals surface area contributed by atoms with E-state index in [2.05, 4.69) is 15.2 Å². The lowest BCUT2D eigenvalue weighted by Gasteiger charge is -2.33. The first-order valence-corrected chi connectivity index (χ1v) is 9.20. The highest BCUT2D eigenvalue weighted by Crippen LogP contribution is 2.40. The van der Waals surface area contributed by atoms with Gasteiger partial charge in [0.15, 0.2) is 0 Å². The standard InChI is InChI=1S/C21H16F4N4O2/c1-12(20-8-19(28-31-20)15-6-13(22)2-4-17(15)24)21(30,9-29-11-26-10-27-29)16-7-14(23)3-5-18(16)25/h2-8,10-12,30H,9H2,1H3/t12-,21+/m0/s1. The predicted molar refractivity (Wildman–Crippen MR) is 101 cm³/mol. The third-order valence-electron chi connectivity index (χ3n) is 5.14. The van der Waals surface area contributed by atoms with Gasteiger partial charge in [-0.1, -0.05) is 12.1 Å². The highest BCUT2D eigenvalue weighted by atomic mass is 19.1. The van der Waals surface area contributed by atoms with Gasteiger partial charge >= 0.3 is 0 Å². The molecule has 4 aromatic rings. The number of rotatable bonds is 6. The van der Waals surface area contributed by atoms with E-state index < -0.39 is 34.8 Å². The fourth-order valence-electron chi connectivity index (χ4n) is 3.40. The normalized spacial score (nSPS) is 14.4. The van der Waals surface area contributed by atoms with Crippen LogP contribution < -0.4 is 0 Å². The summed E-state index contributed by atoms with van der Waals surface area (Å²) in [5.74, 6) is -3.93. The molecule has 0 bridgehead atoms. The van der Waals surface area contributed by atoms with E-state index in [0.717, 1.165) is 36.4 Å². The molecule has 0 aliphatic heterocycles. The van der Waals surface area contributed by atoms with E-state index >= 15 is 0 Å². The van der Waals surface area contributed by atoms with Gasteiger partial charge in [0.05, 0.1) is 12.5 Å². The van der Waals surface area contributed by atoms with Gasteiger partial charge in [0.2, 0.25) is 0 Å². The number of aromatic nitrogens is 4. The molecule has 2 aromatic carbocycles. The molecule has 2 heterocycles. The molecule has 0 fully saturated rings. The number of benzene rings is 2. The summed E-state index contributed by atoms with van der Waals surface area (Å²) in [7, 11) is 0. The van der Waals surface area contributed by atoms with Crippen LogP contribution in [0.4, 0.5) is 17.6 Å². The fraction of sp³-hybridized carbons (Fsp3) is 0.190. The maximum Gasteiger partial charge on any atom is 0.143 e. The Morgan fingerprint density at radius 3 is 2.45 bits per heavy atom. The summed E-state index contributed by atoms with van der Waals surface area (Å²) in [5.41, 5.74) is -2.53.